The van der Waals surface area contributed by atoms with E-state index in [0.717, 1.165) is 0 Å². The second-order valence-electron chi connectivity index (χ2n) is 1.71. The summed E-state index contributed by atoms with van der Waals surface area (Å²) in [5.74, 6) is 0.0370. The number of hydrogen-bond donors (Lipinski definition) is 2. The Morgan fingerprint density at radius 3 is 2.80 bits per heavy atom. The van der Waals surface area contributed by atoms with Crippen molar-refractivity contribution in [2.75, 3.05) is 13.1 Å². The topological polar surface area (TPSA) is 93.6 Å². The summed E-state index contributed by atoms with van der Waals surface area (Å²) < 4.78 is 31.7. The van der Waals surface area contributed by atoms with Gasteiger partial charge in [-0.25, -0.2) is 8.42 Å². The Bertz CT molecular complexity index is 244. The van der Waals surface area contributed by atoms with Crippen LogP contribution in [0, 0.1) is 0 Å². The van der Waals surface area contributed by atoms with Gasteiger partial charge in [0.25, 0.3) is 0 Å². The molecule has 58 valence electrons. The molecule has 0 radical (unpaired) electrons. The van der Waals surface area contributed by atoms with Gasteiger partial charge in [0.15, 0.2) is 10.3 Å². The van der Waals surface area contributed by atoms with E-state index >= 15 is 0 Å². The molecule has 6 nitrogen and oxygen atoms in total. The molecule has 2 N–H and O–H groups in total. The summed E-state index contributed by atoms with van der Waals surface area (Å²) in [6.45, 7) is 1.07. The molecule has 0 saturated heterocycles. The molecule has 0 aliphatic carbocycles. The lowest BCUT2D eigenvalue weighted by atomic mass is 10.7. The normalized spacial score (nSPS) is 17.9. The predicted octanol–water partition coefficient (Wildman–Crippen LogP) is -2.00. The van der Waals surface area contributed by atoms with Crippen LogP contribution in [0.3, 0.4) is 0 Å². The lowest BCUT2D eigenvalue weighted by Crippen LogP contribution is -2.37. The molecule has 0 saturated carbocycles. The van der Waals surface area contributed by atoms with E-state index in [1.165, 1.54) is 0 Å². The van der Waals surface area contributed by atoms with E-state index in [2.05, 4.69) is 10.3 Å². The van der Waals surface area contributed by atoms with Gasteiger partial charge in [-0.05, 0) is 0 Å². The molecule has 0 atom stereocenters. The van der Waals surface area contributed by atoms with Crippen LogP contribution in [0.4, 0.5) is 0 Å². The van der Waals surface area contributed by atoms with E-state index in [1.54, 1.807) is 4.72 Å². The van der Waals surface area contributed by atoms with Crippen molar-refractivity contribution in [3.8, 4) is 0 Å². The van der Waals surface area contributed by atoms with Gasteiger partial charge < -0.3 is 9.87 Å². The summed E-state index contributed by atoms with van der Waals surface area (Å²) in [4.78, 5) is 3.64. The van der Waals surface area contributed by atoms with Crippen LogP contribution in [0.15, 0.2) is 4.99 Å². The molecule has 0 spiro atoms. The SMILES string of the molecule is O=S(=O)([O-])NC1=NCCN1. The first-order valence-electron chi connectivity index (χ1n) is 2.60. The highest BCUT2D eigenvalue weighted by atomic mass is 32.2. The monoisotopic (exact) mass is 164 g/mol. The molecule has 0 aromatic heterocycles. The van der Waals surface area contributed by atoms with E-state index in [4.69, 9.17) is 0 Å². The fourth-order valence-corrected chi connectivity index (χ4v) is 0.958. The van der Waals surface area contributed by atoms with Crippen LogP contribution in [0.2, 0.25) is 0 Å². The summed E-state index contributed by atoms with van der Waals surface area (Å²) in [6, 6.07) is 0. The van der Waals surface area contributed by atoms with Gasteiger partial charge in [0.1, 0.15) is 0 Å². The van der Waals surface area contributed by atoms with Crippen molar-refractivity contribution in [2.45, 2.75) is 0 Å². The summed E-state index contributed by atoms with van der Waals surface area (Å²) >= 11 is 0. The highest BCUT2D eigenvalue weighted by Gasteiger charge is 2.05. The van der Waals surface area contributed by atoms with Crippen molar-refractivity contribution >= 4 is 16.3 Å². The maximum Gasteiger partial charge on any atom is 0.204 e. The van der Waals surface area contributed by atoms with Crippen molar-refractivity contribution in [2.24, 2.45) is 4.99 Å². The van der Waals surface area contributed by atoms with Gasteiger partial charge in [-0.3, -0.25) is 9.71 Å². The van der Waals surface area contributed by atoms with Crippen LogP contribution < -0.4 is 10.0 Å². The Labute approximate surface area is 58.2 Å². The molecular weight excluding hydrogens is 158 g/mol. The Morgan fingerprint density at radius 1 is 1.70 bits per heavy atom. The molecule has 0 amide bonds. The number of guanidine groups is 1. The van der Waals surface area contributed by atoms with Gasteiger partial charge in [0, 0.05) is 6.54 Å². The smallest absolute Gasteiger partial charge is 0.204 e. The van der Waals surface area contributed by atoms with E-state index in [0.29, 0.717) is 13.1 Å². The van der Waals surface area contributed by atoms with Crippen molar-refractivity contribution in [1.82, 2.24) is 10.0 Å². The van der Waals surface area contributed by atoms with Crippen molar-refractivity contribution in [3.63, 3.8) is 0 Å². The number of rotatable bonds is 1. The third kappa shape index (κ3) is 2.19. The zero-order valence-electron chi connectivity index (χ0n) is 4.99. The molecule has 0 fully saturated rings. The van der Waals surface area contributed by atoms with Gasteiger partial charge in [-0.2, -0.15) is 0 Å². The third-order valence-corrected chi connectivity index (χ3v) is 1.34. The zero-order chi connectivity index (χ0) is 7.61. The summed E-state index contributed by atoms with van der Waals surface area (Å²) in [5.41, 5.74) is 0. The molecule has 10 heavy (non-hydrogen) atoms. The predicted molar refractivity (Wildman–Crippen MR) is 33.1 cm³/mol. The lowest BCUT2D eigenvalue weighted by Gasteiger charge is -2.08. The molecular formula is C3H6N3O3S-. The second kappa shape index (κ2) is 2.43. The van der Waals surface area contributed by atoms with Gasteiger partial charge in [-0.15, -0.1) is 0 Å². The largest absolute Gasteiger partial charge is 0.731 e. The van der Waals surface area contributed by atoms with Crippen LogP contribution in [0.25, 0.3) is 0 Å². The first-order valence-corrected chi connectivity index (χ1v) is 4.01. The van der Waals surface area contributed by atoms with E-state index < -0.39 is 10.3 Å². The van der Waals surface area contributed by atoms with Crippen molar-refractivity contribution in [1.29, 1.82) is 0 Å². The highest BCUT2D eigenvalue weighted by Crippen LogP contribution is 1.82. The maximum absolute atomic E-state index is 10.00. The van der Waals surface area contributed by atoms with E-state index in [1.807, 2.05) is 0 Å². The minimum absolute atomic E-state index is 0.0370. The molecule has 0 aromatic carbocycles. The molecule has 1 aliphatic heterocycles. The van der Waals surface area contributed by atoms with Gasteiger partial charge >= 0.3 is 0 Å². The molecule has 0 unspecified atom stereocenters. The van der Waals surface area contributed by atoms with Gasteiger partial charge in [0.05, 0.1) is 6.54 Å². The fourth-order valence-electron chi connectivity index (χ4n) is 0.585. The minimum atomic E-state index is -4.40. The third-order valence-electron chi connectivity index (χ3n) is 0.896. The Balaban J connectivity index is 2.54. The second-order valence-corrected chi connectivity index (χ2v) is 2.83. The summed E-state index contributed by atoms with van der Waals surface area (Å²) in [5, 5.41) is 2.57. The first kappa shape index (κ1) is 7.29. The molecule has 1 rings (SSSR count). The average Bonchev–Trinajstić information content (AvgIpc) is 2.12. The lowest BCUT2D eigenvalue weighted by molar-refractivity contribution is 0.458. The van der Waals surface area contributed by atoms with Crippen LogP contribution >= 0.6 is 0 Å². The Morgan fingerprint density at radius 2 is 2.40 bits per heavy atom. The summed E-state index contributed by atoms with van der Waals surface area (Å²) in [6.07, 6.45) is 0. The zero-order valence-corrected chi connectivity index (χ0v) is 5.81. The van der Waals surface area contributed by atoms with Crippen molar-refractivity contribution in [3.05, 3.63) is 0 Å². The minimum Gasteiger partial charge on any atom is -0.731 e. The Kier molecular flexibility index (Phi) is 1.77. The fraction of sp³-hybridized carbons (Fsp3) is 0.667. The number of nitrogens with one attached hydrogen (secondary N) is 2. The molecule has 0 aromatic rings. The number of aliphatic imine (C=N–C) groups is 1. The van der Waals surface area contributed by atoms with Crippen LogP contribution in [0.1, 0.15) is 0 Å². The van der Waals surface area contributed by atoms with Crippen LogP contribution in [0.5, 0.6) is 0 Å². The quantitative estimate of drug-likeness (QED) is 0.438. The van der Waals surface area contributed by atoms with Gasteiger partial charge in [-0.1, -0.05) is 0 Å². The van der Waals surface area contributed by atoms with Gasteiger partial charge in [0.2, 0.25) is 5.96 Å². The highest BCUT2D eigenvalue weighted by molar-refractivity contribution is 7.84. The van der Waals surface area contributed by atoms with Crippen LogP contribution in [-0.2, 0) is 10.3 Å². The van der Waals surface area contributed by atoms with Crippen molar-refractivity contribution < 1.29 is 13.0 Å². The molecule has 7 heteroatoms. The first-order chi connectivity index (χ1) is 4.58. The molecule has 0 bridgehead atoms. The molecule has 1 aliphatic rings. The molecule has 1 heterocycles. The number of nitrogens with zero attached hydrogens (tertiary/aromatic N) is 1. The summed E-state index contributed by atoms with van der Waals surface area (Å²) in [7, 11) is -4.40. The maximum atomic E-state index is 10.00. The number of hydrogen-bond acceptors (Lipinski definition) is 5. The Hall–Kier alpha value is -0.820. The van der Waals surface area contributed by atoms with E-state index in [-0.39, 0.29) is 5.96 Å². The van der Waals surface area contributed by atoms with E-state index in [9.17, 15) is 13.0 Å². The van der Waals surface area contributed by atoms with Crippen LogP contribution in [-0.4, -0.2) is 32.0 Å². The average molecular weight is 164 g/mol. The standard InChI is InChI=1S/C3H7N3O3S/c7-10(8,9)6-3-4-1-2-5-3/h1-2H2,(H2,4,5,6)(H,7,8,9)/p-1.